The van der Waals surface area contributed by atoms with Gasteiger partial charge >= 0.3 is 0 Å². The molecule has 5 nitrogen and oxygen atoms in total. The summed E-state index contributed by atoms with van der Waals surface area (Å²) in [5, 5.41) is 11.5. The van der Waals surface area contributed by atoms with E-state index in [1.807, 2.05) is 62.6 Å². The largest absolute Gasteiger partial charge is 0.378 e. The van der Waals surface area contributed by atoms with Crippen molar-refractivity contribution in [1.82, 2.24) is 14.9 Å². The fourth-order valence-electron chi connectivity index (χ4n) is 2.17. The topological polar surface area (TPSA) is 49.2 Å². The van der Waals surface area contributed by atoms with Gasteiger partial charge in [0.15, 0.2) is 5.82 Å². The molecule has 0 spiro atoms. The molecule has 7 heteroatoms. The molecule has 3 aromatic rings. The van der Waals surface area contributed by atoms with Crippen molar-refractivity contribution in [1.29, 1.82) is 0 Å². The Kier molecular flexibility index (Phi) is 4.92. The van der Waals surface area contributed by atoms with Crippen molar-refractivity contribution in [3.8, 4) is 11.4 Å². The summed E-state index contributed by atoms with van der Waals surface area (Å²) in [6.45, 7) is 0. The first-order chi connectivity index (χ1) is 11.5. The number of halogens is 1. The van der Waals surface area contributed by atoms with Crippen LogP contribution < -0.4 is 4.90 Å². The van der Waals surface area contributed by atoms with E-state index in [1.54, 1.807) is 10.9 Å². The Morgan fingerprint density at radius 1 is 1.12 bits per heavy atom. The van der Waals surface area contributed by atoms with Crippen LogP contribution in [0.1, 0.15) is 5.56 Å². The number of anilines is 1. The Morgan fingerprint density at radius 3 is 2.42 bits per heavy atom. The van der Waals surface area contributed by atoms with Gasteiger partial charge in [0.25, 0.3) is 0 Å². The normalized spacial score (nSPS) is 11.1. The van der Waals surface area contributed by atoms with Gasteiger partial charge in [-0.3, -0.25) is 0 Å². The summed E-state index contributed by atoms with van der Waals surface area (Å²) in [4.78, 5) is 2.05. The number of nitrogens with zero attached hydrogens (tertiary/aromatic N) is 4. The number of aromatic amines is 1. The van der Waals surface area contributed by atoms with Gasteiger partial charge in [0.2, 0.25) is 4.77 Å². The Bertz CT molecular complexity index is 907. The molecule has 0 atom stereocenters. The first kappa shape index (κ1) is 16.6. The van der Waals surface area contributed by atoms with Crippen LogP contribution in [0.15, 0.2) is 58.1 Å². The van der Waals surface area contributed by atoms with Crippen molar-refractivity contribution in [3.63, 3.8) is 0 Å². The van der Waals surface area contributed by atoms with Gasteiger partial charge in [-0.25, -0.2) is 5.10 Å². The molecule has 0 bridgehead atoms. The average Bonchev–Trinajstić information content (AvgIpc) is 2.95. The predicted octanol–water partition coefficient (Wildman–Crippen LogP) is 4.32. The van der Waals surface area contributed by atoms with Crippen LogP contribution in [0, 0.1) is 4.77 Å². The molecular weight excluding hydrogens is 386 g/mol. The molecule has 0 aliphatic carbocycles. The molecule has 1 aromatic heterocycles. The first-order valence-corrected chi connectivity index (χ1v) is 8.50. The Balaban J connectivity index is 1.91. The van der Waals surface area contributed by atoms with E-state index in [1.165, 1.54) is 0 Å². The van der Waals surface area contributed by atoms with Gasteiger partial charge in [-0.1, -0.05) is 40.2 Å². The van der Waals surface area contributed by atoms with Gasteiger partial charge in [-0.15, -0.1) is 0 Å². The third kappa shape index (κ3) is 3.63. The number of rotatable bonds is 4. The van der Waals surface area contributed by atoms with E-state index in [9.17, 15) is 0 Å². The fraction of sp³-hybridized carbons (Fsp3) is 0.118. The van der Waals surface area contributed by atoms with Crippen LogP contribution in [0.3, 0.4) is 0 Å². The minimum Gasteiger partial charge on any atom is -0.378 e. The van der Waals surface area contributed by atoms with Crippen LogP contribution >= 0.6 is 28.1 Å². The molecule has 2 aromatic carbocycles. The average molecular weight is 402 g/mol. The van der Waals surface area contributed by atoms with Gasteiger partial charge in [0.1, 0.15) is 0 Å². The lowest BCUT2D eigenvalue weighted by molar-refractivity contribution is 0.871. The van der Waals surface area contributed by atoms with Crippen LogP contribution in [0.25, 0.3) is 11.4 Å². The number of H-pyrrole nitrogens is 1. The third-order valence-electron chi connectivity index (χ3n) is 3.48. The molecule has 122 valence electrons. The molecular formula is C17H16BrN5S. The summed E-state index contributed by atoms with van der Waals surface area (Å²) in [5.74, 6) is 0.675. The highest BCUT2D eigenvalue weighted by Gasteiger charge is 2.07. The van der Waals surface area contributed by atoms with Crippen LogP contribution in [0.4, 0.5) is 5.69 Å². The minimum absolute atomic E-state index is 0.453. The lowest BCUT2D eigenvalue weighted by Crippen LogP contribution is -2.08. The van der Waals surface area contributed by atoms with Gasteiger partial charge in [-0.2, -0.15) is 14.9 Å². The Morgan fingerprint density at radius 2 is 1.79 bits per heavy atom. The molecule has 0 unspecified atom stereocenters. The van der Waals surface area contributed by atoms with E-state index in [0.717, 1.165) is 21.3 Å². The standard InChI is InChI=1S/C17H16BrN5S/c1-22(2)15-9-3-12(4-10-15)11-19-23-16(20-21-17(23)24)13-5-7-14(18)8-6-13/h3-11H,1-2H3,(H,21,24)/b19-11+. The van der Waals surface area contributed by atoms with Crippen LogP contribution in [0.2, 0.25) is 0 Å². The second kappa shape index (κ2) is 7.11. The monoisotopic (exact) mass is 401 g/mol. The maximum atomic E-state index is 5.28. The van der Waals surface area contributed by atoms with Gasteiger partial charge in [0.05, 0.1) is 6.21 Å². The fourth-order valence-corrected chi connectivity index (χ4v) is 2.61. The summed E-state index contributed by atoms with van der Waals surface area (Å²) in [7, 11) is 4.02. The second-order valence-corrected chi connectivity index (χ2v) is 6.70. The van der Waals surface area contributed by atoms with Gasteiger partial charge in [-0.05, 0) is 42.0 Å². The molecule has 0 aliphatic heterocycles. The van der Waals surface area contributed by atoms with E-state index in [-0.39, 0.29) is 0 Å². The zero-order valence-electron chi connectivity index (χ0n) is 13.3. The predicted molar refractivity (Wildman–Crippen MR) is 104 cm³/mol. The van der Waals surface area contributed by atoms with Crippen molar-refractivity contribution in [3.05, 3.63) is 63.3 Å². The molecule has 0 radical (unpaired) electrons. The van der Waals surface area contributed by atoms with Crippen LogP contribution in [0.5, 0.6) is 0 Å². The smallest absolute Gasteiger partial charge is 0.216 e. The summed E-state index contributed by atoms with van der Waals surface area (Å²) in [6, 6.07) is 16.0. The van der Waals surface area contributed by atoms with E-state index in [4.69, 9.17) is 12.2 Å². The number of hydrogen-bond donors (Lipinski definition) is 1. The Labute approximate surface area is 153 Å². The lowest BCUT2D eigenvalue weighted by Gasteiger charge is -2.11. The summed E-state index contributed by atoms with van der Waals surface area (Å²) in [5.41, 5.74) is 3.07. The molecule has 3 rings (SSSR count). The number of hydrogen-bond acceptors (Lipinski definition) is 4. The van der Waals surface area contributed by atoms with E-state index >= 15 is 0 Å². The zero-order chi connectivity index (χ0) is 17.1. The molecule has 0 amide bonds. The maximum Gasteiger partial charge on any atom is 0.216 e. The zero-order valence-corrected chi connectivity index (χ0v) is 15.7. The van der Waals surface area contributed by atoms with Crippen molar-refractivity contribution in [2.45, 2.75) is 0 Å². The quantitative estimate of drug-likeness (QED) is 0.523. The highest BCUT2D eigenvalue weighted by atomic mass is 79.9. The molecule has 1 heterocycles. The van der Waals surface area contributed by atoms with Crippen molar-refractivity contribution in [2.24, 2.45) is 5.10 Å². The van der Waals surface area contributed by atoms with Gasteiger partial charge < -0.3 is 4.90 Å². The Hall–Kier alpha value is -2.25. The van der Waals surface area contributed by atoms with E-state index in [0.29, 0.717) is 10.6 Å². The lowest BCUT2D eigenvalue weighted by atomic mass is 10.2. The second-order valence-electron chi connectivity index (χ2n) is 5.40. The molecule has 24 heavy (non-hydrogen) atoms. The highest BCUT2D eigenvalue weighted by molar-refractivity contribution is 9.10. The first-order valence-electron chi connectivity index (χ1n) is 7.30. The molecule has 0 saturated heterocycles. The number of benzene rings is 2. The number of aromatic nitrogens is 3. The molecule has 0 aliphatic rings. The molecule has 0 saturated carbocycles. The molecule has 0 fully saturated rings. The summed E-state index contributed by atoms with van der Waals surface area (Å²) in [6.07, 6.45) is 1.77. The highest BCUT2D eigenvalue weighted by Crippen LogP contribution is 2.20. The van der Waals surface area contributed by atoms with Gasteiger partial charge in [0, 0.05) is 29.8 Å². The minimum atomic E-state index is 0.453. The number of nitrogens with one attached hydrogen (secondary N) is 1. The maximum absolute atomic E-state index is 5.28. The summed E-state index contributed by atoms with van der Waals surface area (Å²) >= 11 is 8.71. The van der Waals surface area contributed by atoms with Crippen molar-refractivity contribution >= 4 is 40.0 Å². The third-order valence-corrected chi connectivity index (χ3v) is 4.28. The van der Waals surface area contributed by atoms with Crippen LogP contribution in [-0.4, -0.2) is 35.2 Å². The van der Waals surface area contributed by atoms with E-state index < -0.39 is 0 Å². The molecule has 1 N–H and O–H groups in total. The van der Waals surface area contributed by atoms with Crippen molar-refractivity contribution < 1.29 is 0 Å². The van der Waals surface area contributed by atoms with Crippen molar-refractivity contribution in [2.75, 3.05) is 19.0 Å². The van der Waals surface area contributed by atoms with Crippen LogP contribution in [-0.2, 0) is 0 Å². The van der Waals surface area contributed by atoms with E-state index in [2.05, 4.69) is 36.1 Å². The summed E-state index contributed by atoms with van der Waals surface area (Å²) < 4.78 is 3.09. The SMILES string of the molecule is CN(C)c1ccc(/C=N/n2c(-c3ccc(Br)cc3)n[nH]c2=S)cc1.